The molecule has 1 aliphatic rings. The fourth-order valence-corrected chi connectivity index (χ4v) is 2.35. The van der Waals surface area contributed by atoms with Gasteiger partial charge >= 0.3 is 0 Å². The van der Waals surface area contributed by atoms with Gasteiger partial charge < -0.3 is 10.6 Å². The largest absolute Gasteiger partial charge is 0.353 e. The Kier molecular flexibility index (Phi) is 4.86. The van der Waals surface area contributed by atoms with Crippen molar-refractivity contribution in [3.8, 4) is 0 Å². The predicted molar refractivity (Wildman–Crippen MR) is 74.4 cm³/mol. The molecule has 0 bridgehead atoms. The molecule has 17 heavy (non-hydrogen) atoms. The molecule has 0 aliphatic carbocycles. The number of nitrogens with zero attached hydrogens (tertiary/aromatic N) is 1. The molecule has 0 aromatic heterocycles. The number of amidine groups is 1. The molecule has 0 spiro atoms. The van der Waals surface area contributed by atoms with Crippen LogP contribution in [0.1, 0.15) is 34.6 Å². The van der Waals surface area contributed by atoms with Crippen molar-refractivity contribution in [2.45, 2.75) is 46.2 Å². The van der Waals surface area contributed by atoms with Crippen LogP contribution in [0.15, 0.2) is 4.99 Å². The van der Waals surface area contributed by atoms with Crippen LogP contribution in [-0.2, 0) is 4.79 Å². The molecule has 5 heteroatoms. The van der Waals surface area contributed by atoms with E-state index in [4.69, 9.17) is 0 Å². The second kappa shape index (κ2) is 5.76. The van der Waals surface area contributed by atoms with Gasteiger partial charge in [0.05, 0.1) is 0 Å². The van der Waals surface area contributed by atoms with Crippen LogP contribution in [0, 0.1) is 5.92 Å². The number of nitrogens with one attached hydrogen (secondary N) is 2. The number of carbonyl (C=O) groups excluding carboxylic acids is 1. The Bertz CT molecular complexity index is 309. The van der Waals surface area contributed by atoms with E-state index in [0.29, 0.717) is 5.92 Å². The summed E-state index contributed by atoms with van der Waals surface area (Å²) in [7, 11) is 0. The van der Waals surface area contributed by atoms with Crippen molar-refractivity contribution in [1.29, 1.82) is 0 Å². The van der Waals surface area contributed by atoms with E-state index < -0.39 is 0 Å². The van der Waals surface area contributed by atoms with E-state index in [1.165, 1.54) is 0 Å². The minimum Gasteiger partial charge on any atom is -0.353 e. The van der Waals surface area contributed by atoms with Crippen LogP contribution in [-0.4, -0.2) is 35.0 Å². The van der Waals surface area contributed by atoms with Gasteiger partial charge in [-0.3, -0.25) is 9.79 Å². The minimum absolute atomic E-state index is 0.0134. The Morgan fingerprint density at radius 2 is 2.18 bits per heavy atom. The summed E-state index contributed by atoms with van der Waals surface area (Å²) in [4.78, 5) is 16.3. The highest BCUT2D eigenvalue weighted by Gasteiger charge is 2.21. The minimum atomic E-state index is -0.242. The summed E-state index contributed by atoms with van der Waals surface area (Å²) in [6, 6.07) is -0.242. The van der Waals surface area contributed by atoms with Crippen molar-refractivity contribution in [3.63, 3.8) is 0 Å². The molecular weight excluding hydrogens is 234 g/mol. The van der Waals surface area contributed by atoms with Gasteiger partial charge in [-0.1, -0.05) is 18.7 Å². The van der Waals surface area contributed by atoms with Gasteiger partial charge in [0, 0.05) is 17.8 Å². The van der Waals surface area contributed by atoms with Crippen molar-refractivity contribution >= 4 is 22.8 Å². The first-order chi connectivity index (χ1) is 7.78. The van der Waals surface area contributed by atoms with Crippen LogP contribution in [0.3, 0.4) is 0 Å². The fourth-order valence-electron chi connectivity index (χ4n) is 1.37. The van der Waals surface area contributed by atoms with Crippen molar-refractivity contribution in [3.05, 3.63) is 0 Å². The van der Waals surface area contributed by atoms with Crippen LogP contribution in [0.4, 0.5) is 0 Å². The maximum Gasteiger partial charge on any atom is 0.242 e. The van der Waals surface area contributed by atoms with Gasteiger partial charge in [-0.2, -0.15) is 0 Å². The molecule has 1 aliphatic heterocycles. The van der Waals surface area contributed by atoms with Crippen molar-refractivity contribution < 1.29 is 4.79 Å². The Hall–Kier alpha value is -0.710. The first kappa shape index (κ1) is 14.4. The summed E-state index contributed by atoms with van der Waals surface area (Å²) in [5.74, 6) is 1.71. The molecule has 0 aromatic carbocycles. The first-order valence-corrected chi connectivity index (χ1v) is 7.02. The number of amides is 1. The highest BCUT2D eigenvalue weighted by atomic mass is 32.2. The fraction of sp³-hybridized carbons (Fsp3) is 0.833. The van der Waals surface area contributed by atoms with Crippen molar-refractivity contribution in [2.24, 2.45) is 10.9 Å². The second-order valence-corrected chi connectivity index (χ2v) is 6.68. The van der Waals surface area contributed by atoms with Gasteiger partial charge in [-0.25, -0.2) is 0 Å². The average molecular weight is 257 g/mol. The highest BCUT2D eigenvalue weighted by molar-refractivity contribution is 8.13. The first-order valence-electron chi connectivity index (χ1n) is 6.04. The second-order valence-electron chi connectivity index (χ2n) is 5.67. The zero-order valence-corrected chi connectivity index (χ0v) is 12.1. The zero-order chi connectivity index (χ0) is 13.1. The predicted octanol–water partition coefficient (Wildman–Crippen LogP) is 1.62. The molecule has 2 atom stereocenters. The van der Waals surface area contributed by atoms with E-state index in [-0.39, 0.29) is 17.5 Å². The number of aliphatic imine (C=N–C) groups is 1. The normalized spacial score (nSPS) is 22.6. The van der Waals surface area contributed by atoms with Gasteiger partial charge in [-0.05, 0) is 33.6 Å². The number of rotatable bonds is 2. The van der Waals surface area contributed by atoms with Crippen LogP contribution < -0.4 is 10.6 Å². The molecule has 2 N–H and O–H groups in total. The van der Waals surface area contributed by atoms with Crippen molar-refractivity contribution in [2.75, 3.05) is 12.3 Å². The topological polar surface area (TPSA) is 53.5 Å². The Morgan fingerprint density at radius 3 is 2.65 bits per heavy atom. The summed E-state index contributed by atoms with van der Waals surface area (Å²) in [5.41, 5.74) is -0.191. The molecule has 1 amide bonds. The molecule has 2 unspecified atom stereocenters. The maximum atomic E-state index is 11.9. The number of carbonyl (C=O) groups is 1. The molecule has 0 saturated heterocycles. The quantitative estimate of drug-likeness (QED) is 0.790. The van der Waals surface area contributed by atoms with Crippen LogP contribution in [0.2, 0.25) is 0 Å². The lowest BCUT2D eigenvalue weighted by Crippen LogP contribution is -2.50. The highest BCUT2D eigenvalue weighted by Crippen LogP contribution is 2.16. The lowest BCUT2D eigenvalue weighted by molar-refractivity contribution is -0.123. The average Bonchev–Trinajstić information content (AvgIpc) is 2.19. The molecule has 1 heterocycles. The molecule has 1 rings (SSSR count). The van der Waals surface area contributed by atoms with E-state index in [2.05, 4.69) is 22.5 Å². The summed E-state index contributed by atoms with van der Waals surface area (Å²) in [6.45, 7) is 10.8. The molecule has 98 valence electrons. The summed E-state index contributed by atoms with van der Waals surface area (Å²) in [6.07, 6.45) is 0. The SMILES string of the molecule is CC1CN=C(NC(C)C(=O)NC(C)(C)C)SC1. The number of thioether (sulfide) groups is 1. The van der Waals surface area contributed by atoms with Crippen LogP contribution >= 0.6 is 11.8 Å². The lowest BCUT2D eigenvalue weighted by atomic mass is 10.1. The third kappa shape index (κ3) is 5.44. The van der Waals surface area contributed by atoms with E-state index in [0.717, 1.165) is 17.5 Å². The van der Waals surface area contributed by atoms with Gasteiger partial charge in [0.1, 0.15) is 6.04 Å². The van der Waals surface area contributed by atoms with E-state index >= 15 is 0 Å². The standard InChI is InChI=1S/C12H23N3OS/c1-8-6-13-11(17-7-8)14-9(2)10(16)15-12(3,4)5/h8-9H,6-7H2,1-5H3,(H,13,14)(H,15,16). The van der Waals surface area contributed by atoms with Gasteiger partial charge in [0.15, 0.2) is 5.17 Å². The van der Waals surface area contributed by atoms with Crippen LogP contribution in [0.25, 0.3) is 0 Å². The molecule has 0 aromatic rings. The van der Waals surface area contributed by atoms with Gasteiger partial charge in [0.2, 0.25) is 5.91 Å². The van der Waals surface area contributed by atoms with Crippen molar-refractivity contribution in [1.82, 2.24) is 10.6 Å². The molecular formula is C12H23N3OS. The maximum absolute atomic E-state index is 11.9. The number of hydrogen-bond acceptors (Lipinski definition) is 4. The van der Waals surface area contributed by atoms with E-state index in [1.807, 2.05) is 27.7 Å². The third-order valence-electron chi connectivity index (χ3n) is 2.28. The Labute approximate surface area is 108 Å². The molecule has 4 nitrogen and oxygen atoms in total. The smallest absolute Gasteiger partial charge is 0.242 e. The monoisotopic (exact) mass is 257 g/mol. The Morgan fingerprint density at radius 1 is 1.53 bits per heavy atom. The van der Waals surface area contributed by atoms with Gasteiger partial charge in [0.25, 0.3) is 0 Å². The summed E-state index contributed by atoms with van der Waals surface area (Å²) in [5, 5.41) is 7.00. The van der Waals surface area contributed by atoms with E-state index in [9.17, 15) is 4.79 Å². The molecule has 0 fully saturated rings. The summed E-state index contributed by atoms with van der Waals surface area (Å²) >= 11 is 1.69. The molecule has 0 saturated carbocycles. The van der Waals surface area contributed by atoms with Crippen LogP contribution in [0.5, 0.6) is 0 Å². The third-order valence-corrected chi connectivity index (χ3v) is 3.54. The molecule has 0 radical (unpaired) electrons. The summed E-state index contributed by atoms with van der Waals surface area (Å²) < 4.78 is 0. The van der Waals surface area contributed by atoms with Gasteiger partial charge in [-0.15, -0.1) is 0 Å². The van der Waals surface area contributed by atoms with E-state index in [1.54, 1.807) is 11.8 Å². The zero-order valence-electron chi connectivity index (χ0n) is 11.3. The number of hydrogen-bond donors (Lipinski definition) is 2. The Balaban J connectivity index is 2.44. The lowest BCUT2D eigenvalue weighted by Gasteiger charge is -2.25.